The molecule has 7 heteroatoms. The fraction of sp³-hybridized carbons (Fsp3) is 0.583. The minimum atomic E-state index is -0.607. The van der Waals surface area contributed by atoms with Gasteiger partial charge in [0.1, 0.15) is 11.4 Å². The summed E-state index contributed by atoms with van der Waals surface area (Å²) in [5, 5.41) is 3.16. The highest BCUT2D eigenvalue weighted by molar-refractivity contribution is 6.01. The van der Waals surface area contributed by atoms with E-state index >= 15 is 0 Å². The van der Waals surface area contributed by atoms with Crippen LogP contribution in [0.15, 0.2) is 9.59 Å². The molecule has 0 unspecified atom stereocenters. The van der Waals surface area contributed by atoms with Gasteiger partial charge in [0, 0.05) is 20.0 Å². The van der Waals surface area contributed by atoms with E-state index in [4.69, 9.17) is 5.73 Å². The predicted molar refractivity (Wildman–Crippen MR) is 71.3 cm³/mol. The van der Waals surface area contributed by atoms with Gasteiger partial charge < -0.3 is 11.1 Å². The Morgan fingerprint density at radius 1 is 1.21 bits per heavy atom. The number of nitrogens with two attached hydrogens (primary N) is 1. The summed E-state index contributed by atoms with van der Waals surface area (Å²) in [6.45, 7) is 1.50. The molecule has 1 aromatic rings. The number of aromatic nitrogens is 2. The summed E-state index contributed by atoms with van der Waals surface area (Å²) < 4.78 is 2.06. The molecule has 0 aromatic carbocycles. The molecule has 0 aliphatic carbocycles. The molecule has 0 spiro atoms. The first-order valence-electron chi connectivity index (χ1n) is 6.25. The van der Waals surface area contributed by atoms with Crippen molar-refractivity contribution >= 4 is 11.6 Å². The third kappa shape index (κ3) is 2.21. The van der Waals surface area contributed by atoms with Crippen molar-refractivity contribution < 1.29 is 4.79 Å². The minimum Gasteiger partial charge on any atom is -0.384 e. The number of ketones is 1. The zero-order valence-corrected chi connectivity index (χ0v) is 11.1. The molecule has 0 saturated carbocycles. The molecule has 1 aliphatic heterocycles. The van der Waals surface area contributed by atoms with Gasteiger partial charge in [-0.1, -0.05) is 0 Å². The first kappa shape index (κ1) is 13.5. The number of nitrogen functional groups attached to an aromatic ring is 1. The quantitative estimate of drug-likeness (QED) is 0.658. The van der Waals surface area contributed by atoms with Gasteiger partial charge in [-0.2, -0.15) is 0 Å². The Hall–Kier alpha value is -1.89. The predicted octanol–water partition coefficient (Wildman–Crippen LogP) is -1.15. The fourth-order valence-electron chi connectivity index (χ4n) is 2.38. The van der Waals surface area contributed by atoms with Crippen molar-refractivity contribution in [2.24, 2.45) is 20.0 Å². The summed E-state index contributed by atoms with van der Waals surface area (Å²) in [5.74, 6) is -0.499. The lowest BCUT2D eigenvalue weighted by Crippen LogP contribution is -2.43. The van der Waals surface area contributed by atoms with Crippen molar-refractivity contribution in [2.45, 2.75) is 12.8 Å². The maximum Gasteiger partial charge on any atom is 0.332 e. The van der Waals surface area contributed by atoms with Crippen LogP contribution in [-0.4, -0.2) is 28.0 Å². The molecule has 7 nitrogen and oxygen atoms in total. The monoisotopic (exact) mass is 266 g/mol. The van der Waals surface area contributed by atoms with Crippen molar-refractivity contribution in [3.8, 4) is 0 Å². The molecule has 0 radical (unpaired) electrons. The van der Waals surface area contributed by atoms with Gasteiger partial charge in [-0.05, 0) is 25.9 Å². The highest BCUT2D eigenvalue weighted by atomic mass is 16.2. The second-order valence-electron chi connectivity index (χ2n) is 4.85. The lowest BCUT2D eigenvalue weighted by Gasteiger charge is -2.22. The standard InChI is InChI=1S/C12H18N4O3/c1-15-10(13)8(11(18)16(2)12(15)19)9(17)7-3-5-14-6-4-7/h7,14H,3-6,13H2,1-2H3. The van der Waals surface area contributed by atoms with E-state index in [1.165, 1.54) is 14.1 Å². The van der Waals surface area contributed by atoms with Crippen LogP contribution in [0.2, 0.25) is 0 Å². The maximum absolute atomic E-state index is 12.4. The summed E-state index contributed by atoms with van der Waals surface area (Å²) in [6.07, 6.45) is 1.37. The largest absolute Gasteiger partial charge is 0.384 e. The number of Topliss-reactive ketones (excluding diaryl/α,β-unsaturated/α-hetero) is 1. The topological polar surface area (TPSA) is 99.1 Å². The summed E-state index contributed by atoms with van der Waals surface area (Å²) in [7, 11) is 2.81. The van der Waals surface area contributed by atoms with E-state index in [1.54, 1.807) is 0 Å². The van der Waals surface area contributed by atoms with Crippen molar-refractivity contribution in [3.63, 3.8) is 0 Å². The number of hydrogen-bond acceptors (Lipinski definition) is 5. The molecule has 104 valence electrons. The lowest BCUT2D eigenvalue weighted by atomic mass is 9.90. The zero-order valence-electron chi connectivity index (χ0n) is 11.1. The van der Waals surface area contributed by atoms with E-state index in [0.29, 0.717) is 12.8 Å². The highest BCUT2D eigenvalue weighted by Gasteiger charge is 2.28. The van der Waals surface area contributed by atoms with E-state index in [2.05, 4.69) is 5.32 Å². The van der Waals surface area contributed by atoms with Gasteiger partial charge in [-0.25, -0.2) is 4.79 Å². The van der Waals surface area contributed by atoms with Crippen LogP contribution < -0.4 is 22.3 Å². The van der Waals surface area contributed by atoms with Gasteiger partial charge in [-0.15, -0.1) is 0 Å². The number of hydrogen-bond donors (Lipinski definition) is 2. The molecule has 0 amide bonds. The van der Waals surface area contributed by atoms with E-state index in [9.17, 15) is 14.4 Å². The number of rotatable bonds is 2. The third-order valence-corrected chi connectivity index (χ3v) is 3.67. The fourth-order valence-corrected chi connectivity index (χ4v) is 2.38. The molecule has 19 heavy (non-hydrogen) atoms. The van der Waals surface area contributed by atoms with Crippen LogP contribution in [0.5, 0.6) is 0 Å². The second kappa shape index (κ2) is 5.00. The van der Waals surface area contributed by atoms with Gasteiger partial charge >= 0.3 is 5.69 Å². The van der Waals surface area contributed by atoms with E-state index in [-0.39, 0.29) is 23.1 Å². The van der Waals surface area contributed by atoms with Gasteiger partial charge in [0.2, 0.25) is 0 Å². The first-order valence-corrected chi connectivity index (χ1v) is 6.25. The number of anilines is 1. The highest BCUT2D eigenvalue weighted by Crippen LogP contribution is 2.18. The molecule has 2 rings (SSSR count). The Kier molecular flexibility index (Phi) is 3.57. The number of nitrogens with one attached hydrogen (secondary N) is 1. The van der Waals surface area contributed by atoms with Gasteiger partial charge in [0.05, 0.1) is 0 Å². The molecule has 3 N–H and O–H groups in total. The molecule has 0 atom stereocenters. The normalized spacial score (nSPS) is 16.5. The number of piperidine rings is 1. The number of carbonyl (C=O) groups excluding carboxylic acids is 1. The smallest absolute Gasteiger partial charge is 0.332 e. The molecular weight excluding hydrogens is 248 g/mol. The molecular formula is C12H18N4O3. The van der Waals surface area contributed by atoms with Crippen molar-refractivity contribution in [1.82, 2.24) is 14.5 Å². The Morgan fingerprint density at radius 2 is 1.79 bits per heavy atom. The van der Waals surface area contributed by atoms with Crippen LogP contribution in [0, 0.1) is 5.92 Å². The molecule has 1 aliphatic rings. The lowest BCUT2D eigenvalue weighted by molar-refractivity contribution is 0.0893. The SMILES string of the molecule is Cn1c(N)c(C(=O)C2CCNCC2)c(=O)n(C)c1=O. The van der Waals surface area contributed by atoms with Crippen molar-refractivity contribution in [3.05, 3.63) is 26.4 Å². The van der Waals surface area contributed by atoms with Gasteiger partial charge in [0.25, 0.3) is 5.56 Å². The Morgan fingerprint density at radius 3 is 2.37 bits per heavy atom. The van der Waals surface area contributed by atoms with Crippen LogP contribution in [0.1, 0.15) is 23.2 Å². The molecule has 1 saturated heterocycles. The Bertz CT molecular complexity index is 623. The number of nitrogens with zero attached hydrogens (tertiary/aromatic N) is 2. The first-order chi connectivity index (χ1) is 8.95. The zero-order chi connectivity index (χ0) is 14.2. The van der Waals surface area contributed by atoms with Gasteiger partial charge in [0.15, 0.2) is 5.78 Å². The third-order valence-electron chi connectivity index (χ3n) is 3.67. The van der Waals surface area contributed by atoms with Crippen LogP contribution >= 0.6 is 0 Å². The molecule has 0 bridgehead atoms. The molecule has 2 heterocycles. The van der Waals surface area contributed by atoms with Crippen LogP contribution in [0.4, 0.5) is 5.82 Å². The van der Waals surface area contributed by atoms with E-state index in [1.807, 2.05) is 0 Å². The van der Waals surface area contributed by atoms with Crippen molar-refractivity contribution in [2.75, 3.05) is 18.8 Å². The average Bonchev–Trinajstić information content (AvgIpc) is 2.44. The average molecular weight is 266 g/mol. The summed E-state index contributed by atoms with van der Waals surface area (Å²) in [5.41, 5.74) is 4.58. The number of carbonyl (C=O) groups is 1. The van der Waals surface area contributed by atoms with Gasteiger partial charge in [-0.3, -0.25) is 18.7 Å². The molecule has 1 aromatic heterocycles. The van der Waals surface area contributed by atoms with Crippen LogP contribution in [0.3, 0.4) is 0 Å². The van der Waals surface area contributed by atoms with E-state index in [0.717, 1.165) is 22.2 Å². The summed E-state index contributed by atoms with van der Waals surface area (Å²) >= 11 is 0. The van der Waals surface area contributed by atoms with E-state index < -0.39 is 11.2 Å². The van der Waals surface area contributed by atoms with Crippen LogP contribution in [0.25, 0.3) is 0 Å². The van der Waals surface area contributed by atoms with Crippen molar-refractivity contribution in [1.29, 1.82) is 0 Å². The Balaban J connectivity index is 2.53. The maximum atomic E-state index is 12.4. The summed E-state index contributed by atoms with van der Waals surface area (Å²) in [4.78, 5) is 36.2. The Labute approximate surface area is 110 Å². The molecule has 1 fully saturated rings. The van der Waals surface area contributed by atoms with Crippen LogP contribution in [-0.2, 0) is 14.1 Å². The second-order valence-corrected chi connectivity index (χ2v) is 4.85. The minimum absolute atomic E-state index is 0.0448. The summed E-state index contributed by atoms with van der Waals surface area (Å²) in [6, 6.07) is 0.